The first kappa shape index (κ1) is 21.8. The fourth-order valence-electron chi connectivity index (χ4n) is 3.11. The molecule has 0 bridgehead atoms. The number of ether oxygens (including phenoxy) is 2. The van der Waals surface area contributed by atoms with Crippen LogP contribution in [0.2, 0.25) is 0 Å². The van der Waals surface area contributed by atoms with Gasteiger partial charge in [0.15, 0.2) is 0 Å². The molecule has 0 saturated carbocycles. The van der Waals surface area contributed by atoms with Crippen molar-refractivity contribution in [3.05, 3.63) is 35.2 Å². The highest BCUT2D eigenvalue weighted by Gasteiger charge is 2.18. The number of amides is 1. The number of morpholine rings is 1. The lowest BCUT2D eigenvalue weighted by Gasteiger charge is -2.29. The Morgan fingerprint density at radius 3 is 2.60 bits per heavy atom. The van der Waals surface area contributed by atoms with Crippen molar-refractivity contribution in [1.29, 1.82) is 0 Å². The van der Waals surface area contributed by atoms with Gasteiger partial charge in [0.05, 0.1) is 24.6 Å². The van der Waals surface area contributed by atoms with E-state index in [1.54, 1.807) is 6.08 Å². The number of anilines is 2. The third-order valence-corrected chi connectivity index (χ3v) is 4.46. The topological polar surface area (TPSA) is 89.7 Å². The van der Waals surface area contributed by atoms with E-state index in [0.29, 0.717) is 30.6 Å². The van der Waals surface area contributed by atoms with Crippen molar-refractivity contribution in [2.45, 2.75) is 46.6 Å². The van der Waals surface area contributed by atoms with Crippen molar-refractivity contribution in [3.8, 4) is 0 Å². The van der Waals surface area contributed by atoms with Crippen molar-refractivity contribution in [3.63, 3.8) is 0 Å². The second kappa shape index (κ2) is 9.30. The normalized spacial score (nSPS) is 14.9. The third kappa shape index (κ3) is 6.06. The molecule has 0 aliphatic carbocycles. The summed E-state index contributed by atoms with van der Waals surface area (Å²) in [4.78, 5) is 23.4. The van der Waals surface area contributed by atoms with Gasteiger partial charge in [0.2, 0.25) is 5.89 Å². The van der Waals surface area contributed by atoms with E-state index < -0.39 is 11.7 Å². The summed E-state index contributed by atoms with van der Waals surface area (Å²) < 4.78 is 16.5. The summed E-state index contributed by atoms with van der Waals surface area (Å²) in [7, 11) is 0. The number of nitrogens with zero attached hydrogens (tertiary/aromatic N) is 3. The van der Waals surface area contributed by atoms with Gasteiger partial charge in [-0.3, -0.25) is 5.32 Å². The van der Waals surface area contributed by atoms with E-state index in [2.05, 4.69) is 20.2 Å². The Kier molecular flexibility index (Phi) is 6.77. The summed E-state index contributed by atoms with van der Waals surface area (Å²) in [5.41, 5.74) is 1.93. The first-order chi connectivity index (χ1) is 14.2. The molecule has 0 spiro atoms. The fraction of sp³-hybridized carbons (Fsp3) is 0.500. The number of rotatable bonds is 5. The highest BCUT2D eigenvalue weighted by Crippen LogP contribution is 2.23. The minimum Gasteiger partial charge on any atom is -0.444 e. The van der Waals surface area contributed by atoms with Crippen LogP contribution in [0.3, 0.4) is 0 Å². The van der Waals surface area contributed by atoms with Crippen LogP contribution in [0.15, 0.2) is 16.5 Å². The average Bonchev–Trinajstić information content (AvgIpc) is 3.05. The highest BCUT2D eigenvalue weighted by molar-refractivity contribution is 5.85. The van der Waals surface area contributed by atoms with Crippen LogP contribution in [-0.4, -0.2) is 48.0 Å². The van der Waals surface area contributed by atoms with Gasteiger partial charge >= 0.3 is 6.09 Å². The summed E-state index contributed by atoms with van der Waals surface area (Å²) in [6, 6.07) is 3.82. The lowest BCUT2D eigenvalue weighted by Crippen LogP contribution is -2.36. The number of aryl methyl sites for hydroxylation is 2. The Labute approximate surface area is 177 Å². The van der Waals surface area contributed by atoms with Crippen LogP contribution < -0.4 is 10.2 Å². The quantitative estimate of drug-likeness (QED) is 0.780. The minimum atomic E-state index is -0.589. The summed E-state index contributed by atoms with van der Waals surface area (Å²) in [6.45, 7) is 12.3. The first-order valence-electron chi connectivity index (χ1n) is 10.2. The number of carbonyl (C=O) groups excluding carboxylic acids is 1. The van der Waals surface area contributed by atoms with Gasteiger partial charge in [0.1, 0.15) is 17.2 Å². The first-order valence-corrected chi connectivity index (χ1v) is 10.2. The van der Waals surface area contributed by atoms with Crippen molar-refractivity contribution < 1.29 is 18.7 Å². The number of aromatic nitrogens is 2. The molecule has 0 radical (unpaired) electrons. The highest BCUT2D eigenvalue weighted by atomic mass is 16.6. The number of hydrogen-bond acceptors (Lipinski definition) is 7. The number of hydrogen-bond donors (Lipinski definition) is 1. The zero-order valence-corrected chi connectivity index (χ0v) is 18.3. The van der Waals surface area contributed by atoms with Crippen LogP contribution in [0.4, 0.5) is 16.3 Å². The van der Waals surface area contributed by atoms with Crippen molar-refractivity contribution in [2.75, 3.05) is 36.5 Å². The second-order valence-electron chi connectivity index (χ2n) is 8.11. The number of nitrogens with one attached hydrogen (secondary N) is 1. The Morgan fingerprint density at radius 2 is 1.97 bits per heavy atom. The van der Waals surface area contributed by atoms with Gasteiger partial charge in [0.25, 0.3) is 0 Å². The van der Waals surface area contributed by atoms with Gasteiger partial charge in [0, 0.05) is 37.3 Å². The average molecular weight is 415 g/mol. The molecule has 0 aromatic carbocycles. The molecule has 1 aliphatic rings. The molecule has 1 N–H and O–H groups in total. The van der Waals surface area contributed by atoms with E-state index >= 15 is 0 Å². The van der Waals surface area contributed by atoms with Crippen molar-refractivity contribution in [1.82, 2.24) is 9.97 Å². The second-order valence-corrected chi connectivity index (χ2v) is 8.11. The monoisotopic (exact) mass is 414 g/mol. The van der Waals surface area contributed by atoms with E-state index in [1.165, 1.54) is 0 Å². The molecule has 30 heavy (non-hydrogen) atoms. The third-order valence-electron chi connectivity index (χ3n) is 4.46. The molecule has 8 heteroatoms. The molecule has 3 heterocycles. The Morgan fingerprint density at radius 1 is 1.23 bits per heavy atom. The van der Waals surface area contributed by atoms with Crippen LogP contribution in [0.25, 0.3) is 12.2 Å². The maximum absolute atomic E-state index is 12.2. The van der Waals surface area contributed by atoms with Gasteiger partial charge in [-0.1, -0.05) is 6.92 Å². The molecule has 162 valence electrons. The number of pyridine rings is 1. The van der Waals surface area contributed by atoms with Crippen LogP contribution in [0, 0.1) is 6.92 Å². The van der Waals surface area contributed by atoms with Crippen LogP contribution in [0.1, 0.15) is 50.7 Å². The van der Waals surface area contributed by atoms with Crippen LogP contribution in [-0.2, 0) is 15.9 Å². The molecular formula is C22H30N4O4. The van der Waals surface area contributed by atoms with Gasteiger partial charge in [-0.05, 0) is 39.8 Å². The smallest absolute Gasteiger partial charge is 0.413 e. The molecule has 1 fully saturated rings. The van der Waals surface area contributed by atoms with E-state index in [9.17, 15) is 4.79 Å². The standard InChI is InChI=1S/C22H30N4O4/c1-6-18-15(2)23-20(29-18)8-7-16-13-17(26-9-11-28-12-10-26)14-19(24-16)25-21(27)30-22(3,4)5/h7-8,13-14H,6,9-12H2,1-5H3,(H,24,25,27). The van der Waals surface area contributed by atoms with Crippen LogP contribution >= 0.6 is 0 Å². The maximum Gasteiger partial charge on any atom is 0.413 e. The molecule has 2 aromatic rings. The van der Waals surface area contributed by atoms with E-state index in [0.717, 1.165) is 36.7 Å². The minimum absolute atomic E-state index is 0.422. The van der Waals surface area contributed by atoms with Crippen molar-refractivity contribution in [2.24, 2.45) is 0 Å². The number of carbonyl (C=O) groups is 1. The summed E-state index contributed by atoms with van der Waals surface area (Å²) >= 11 is 0. The zero-order chi connectivity index (χ0) is 21.7. The molecule has 1 amide bonds. The summed E-state index contributed by atoms with van der Waals surface area (Å²) in [6.07, 6.45) is 3.87. The molecular weight excluding hydrogens is 384 g/mol. The molecule has 2 aromatic heterocycles. The largest absolute Gasteiger partial charge is 0.444 e. The fourth-order valence-corrected chi connectivity index (χ4v) is 3.11. The lowest BCUT2D eigenvalue weighted by molar-refractivity contribution is 0.0635. The molecule has 1 saturated heterocycles. The lowest BCUT2D eigenvalue weighted by atomic mass is 10.2. The van der Waals surface area contributed by atoms with E-state index in [1.807, 2.05) is 52.8 Å². The number of oxazole rings is 1. The zero-order valence-electron chi connectivity index (χ0n) is 18.3. The maximum atomic E-state index is 12.2. The predicted octanol–water partition coefficient (Wildman–Crippen LogP) is 4.29. The summed E-state index contributed by atoms with van der Waals surface area (Å²) in [5, 5.41) is 2.74. The van der Waals surface area contributed by atoms with Gasteiger partial charge in [-0.2, -0.15) is 0 Å². The van der Waals surface area contributed by atoms with E-state index in [4.69, 9.17) is 13.9 Å². The van der Waals surface area contributed by atoms with Gasteiger partial charge < -0.3 is 18.8 Å². The molecule has 0 atom stereocenters. The molecule has 3 rings (SSSR count). The molecule has 8 nitrogen and oxygen atoms in total. The Balaban J connectivity index is 1.86. The van der Waals surface area contributed by atoms with Gasteiger partial charge in [-0.25, -0.2) is 14.8 Å². The Bertz CT molecular complexity index is 908. The molecule has 0 unspecified atom stereocenters. The summed E-state index contributed by atoms with van der Waals surface area (Å²) in [5.74, 6) is 1.83. The van der Waals surface area contributed by atoms with Crippen molar-refractivity contribution >= 4 is 29.8 Å². The molecule has 1 aliphatic heterocycles. The predicted molar refractivity (Wildman–Crippen MR) is 117 cm³/mol. The van der Waals surface area contributed by atoms with Crippen LogP contribution in [0.5, 0.6) is 0 Å². The Hall–Kier alpha value is -2.87. The van der Waals surface area contributed by atoms with Gasteiger partial charge in [-0.15, -0.1) is 0 Å². The van der Waals surface area contributed by atoms with E-state index in [-0.39, 0.29) is 0 Å². The SMILES string of the molecule is CCc1oc(C=Cc2cc(N3CCOCC3)cc(NC(=O)OC(C)(C)C)n2)nc1C.